The summed E-state index contributed by atoms with van der Waals surface area (Å²) in [6.45, 7) is 2.45. The minimum absolute atomic E-state index is 0.215. The molecule has 0 aliphatic rings. The molecule has 0 saturated heterocycles. The Morgan fingerprint density at radius 2 is 1.74 bits per heavy atom. The van der Waals surface area contributed by atoms with Crippen LogP contribution < -0.4 is 15.2 Å². The van der Waals surface area contributed by atoms with Crippen LogP contribution in [0.15, 0.2) is 55.0 Å². The Labute approximate surface area is 157 Å². The van der Waals surface area contributed by atoms with E-state index in [0.717, 1.165) is 11.1 Å². The number of nitrogens with one attached hydrogen (secondary N) is 1. The van der Waals surface area contributed by atoms with Crippen LogP contribution in [0.4, 0.5) is 5.95 Å². The van der Waals surface area contributed by atoms with Crippen molar-refractivity contribution < 1.29 is 13.2 Å². The van der Waals surface area contributed by atoms with Crippen LogP contribution in [-0.2, 0) is 22.3 Å². The molecule has 0 unspecified atom stereocenters. The summed E-state index contributed by atoms with van der Waals surface area (Å²) < 4.78 is 28.0. The molecule has 0 fully saturated rings. The van der Waals surface area contributed by atoms with Crippen LogP contribution in [0.1, 0.15) is 16.7 Å². The van der Waals surface area contributed by atoms with Gasteiger partial charge in [-0.05, 0) is 41.8 Å². The number of aromatic nitrogens is 3. The van der Waals surface area contributed by atoms with Gasteiger partial charge in [0.2, 0.25) is 21.9 Å². The lowest BCUT2D eigenvalue weighted by atomic mass is 10.2. The molecule has 0 aliphatic heterocycles. The highest BCUT2D eigenvalue weighted by molar-refractivity contribution is 7.88. The van der Waals surface area contributed by atoms with Gasteiger partial charge in [0.1, 0.15) is 5.75 Å². The SMILES string of the molecule is Cc1cnc(NCc2ccnc(Oc3ccc(CS(N)(=O)=O)cc3)c2)nc1. The van der Waals surface area contributed by atoms with E-state index in [0.29, 0.717) is 29.7 Å². The fourth-order valence-corrected chi connectivity index (χ4v) is 2.95. The maximum Gasteiger partial charge on any atom is 0.222 e. The van der Waals surface area contributed by atoms with Crippen molar-refractivity contribution >= 4 is 16.0 Å². The summed E-state index contributed by atoms with van der Waals surface area (Å²) in [6, 6.07) is 10.3. The number of primary sulfonamides is 1. The second-order valence-corrected chi connectivity index (χ2v) is 7.61. The van der Waals surface area contributed by atoms with Gasteiger partial charge in [-0.2, -0.15) is 0 Å². The Bertz CT molecular complexity index is 1010. The summed E-state index contributed by atoms with van der Waals surface area (Å²) in [5.41, 5.74) is 2.54. The van der Waals surface area contributed by atoms with E-state index in [1.807, 2.05) is 13.0 Å². The van der Waals surface area contributed by atoms with Crippen LogP contribution >= 0.6 is 0 Å². The number of sulfonamides is 1. The molecule has 3 aromatic rings. The Kier molecular flexibility index (Phi) is 5.63. The molecule has 0 radical (unpaired) electrons. The molecule has 3 rings (SSSR count). The number of hydrogen-bond donors (Lipinski definition) is 2. The highest BCUT2D eigenvalue weighted by Gasteiger charge is 2.06. The van der Waals surface area contributed by atoms with Crippen molar-refractivity contribution in [3.05, 3.63) is 71.7 Å². The number of ether oxygens (including phenoxy) is 1. The molecule has 8 nitrogen and oxygen atoms in total. The highest BCUT2D eigenvalue weighted by Crippen LogP contribution is 2.21. The molecule has 1 aromatic carbocycles. The molecular formula is C18H19N5O3S. The van der Waals surface area contributed by atoms with E-state index in [1.54, 1.807) is 48.9 Å². The number of nitrogens with zero attached hydrogens (tertiary/aromatic N) is 3. The molecule has 9 heteroatoms. The Morgan fingerprint density at radius 3 is 2.41 bits per heavy atom. The Hall–Kier alpha value is -3.04. The summed E-state index contributed by atoms with van der Waals surface area (Å²) in [5, 5.41) is 8.17. The first-order chi connectivity index (χ1) is 12.9. The van der Waals surface area contributed by atoms with Crippen molar-refractivity contribution in [1.82, 2.24) is 15.0 Å². The molecule has 0 bridgehead atoms. The van der Waals surface area contributed by atoms with E-state index < -0.39 is 10.0 Å². The standard InChI is InChI=1S/C18H19N5O3S/c1-13-9-21-18(22-10-13)23-11-15-6-7-20-17(8-15)26-16-4-2-14(3-5-16)12-27(19,24)25/h2-10H,11-12H2,1H3,(H2,19,24,25)(H,21,22,23). The van der Waals surface area contributed by atoms with Crippen molar-refractivity contribution in [2.75, 3.05) is 5.32 Å². The van der Waals surface area contributed by atoms with Gasteiger partial charge in [0, 0.05) is 31.2 Å². The normalized spacial score (nSPS) is 11.2. The number of hydrogen-bond acceptors (Lipinski definition) is 7. The summed E-state index contributed by atoms with van der Waals surface area (Å²) in [7, 11) is -3.56. The lowest BCUT2D eigenvalue weighted by molar-refractivity contribution is 0.462. The number of nitrogens with two attached hydrogens (primary N) is 1. The zero-order valence-electron chi connectivity index (χ0n) is 14.7. The van der Waals surface area contributed by atoms with E-state index in [9.17, 15) is 8.42 Å². The molecule has 0 saturated carbocycles. The first-order valence-corrected chi connectivity index (χ1v) is 9.84. The van der Waals surface area contributed by atoms with Crippen LogP contribution in [0.2, 0.25) is 0 Å². The van der Waals surface area contributed by atoms with Gasteiger partial charge < -0.3 is 10.1 Å². The Morgan fingerprint density at radius 1 is 1.04 bits per heavy atom. The monoisotopic (exact) mass is 385 g/mol. The maximum atomic E-state index is 11.1. The average Bonchev–Trinajstić information content (AvgIpc) is 2.62. The van der Waals surface area contributed by atoms with E-state index >= 15 is 0 Å². The zero-order valence-corrected chi connectivity index (χ0v) is 15.5. The quantitative estimate of drug-likeness (QED) is 0.640. The number of pyridine rings is 1. The maximum absolute atomic E-state index is 11.1. The largest absolute Gasteiger partial charge is 0.439 e. The van der Waals surface area contributed by atoms with Crippen molar-refractivity contribution in [2.45, 2.75) is 19.2 Å². The average molecular weight is 385 g/mol. The number of anilines is 1. The first-order valence-electron chi connectivity index (χ1n) is 8.12. The van der Waals surface area contributed by atoms with Crippen LogP contribution in [0.3, 0.4) is 0 Å². The summed E-state index contributed by atoms with van der Waals surface area (Å²) >= 11 is 0. The van der Waals surface area contributed by atoms with Gasteiger partial charge >= 0.3 is 0 Å². The van der Waals surface area contributed by atoms with Crippen LogP contribution in [-0.4, -0.2) is 23.4 Å². The van der Waals surface area contributed by atoms with Crippen molar-refractivity contribution in [1.29, 1.82) is 0 Å². The molecule has 0 amide bonds. The summed E-state index contributed by atoms with van der Waals surface area (Å²) in [6.07, 6.45) is 5.14. The third kappa shape index (κ3) is 6.01. The van der Waals surface area contributed by atoms with Crippen LogP contribution in [0, 0.1) is 6.92 Å². The lowest BCUT2D eigenvalue weighted by Gasteiger charge is -2.08. The molecule has 2 heterocycles. The van der Waals surface area contributed by atoms with Crippen LogP contribution in [0.25, 0.3) is 0 Å². The second kappa shape index (κ2) is 8.11. The number of aryl methyl sites for hydroxylation is 1. The predicted molar refractivity (Wildman–Crippen MR) is 102 cm³/mol. The third-order valence-corrected chi connectivity index (χ3v) is 4.28. The zero-order chi connectivity index (χ0) is 19.3. The van der Waals surface area contributed by atoms with Gasteiger partial charge in [-0.25, -0.2) is 28.5 Å². The van der Waals surface area contributed by atoms with Gasteiger partial charge in [-0.15, -0.1) is 0 Å². The van der Waals surface area contributed by atoms with Crippen molar-refractivity contribution in [2.24, 2.45) is 5.14 Å². The van der Waals surface area contributed by atoms with Gasteiger partial charge in [0.15, 0.2) is 0 Å². The molecule has 27 heavy (non-hydrogen) atoms. The number of rotatable bonds is 7. The minimum Gasteiger partial charge on any atom is -0.439 e. The summed E-state index contributed by atoms with van der Waals surface area (Å²) in [4.78, 5) is 12.6. The van der Waals surface area contributed by atoms with Gasteiger partial charge in [-0.1, -0.05) is 12.1 Å². The van der Waals surface area contributed by atoms with E-state index in [2.05, 4.69) is 20.3 Å². The van der Waals surface area contributed by atoms with Gasteiger partial charge in [-0.3, -0.25) is 0 Å². The van der Waals surface area contributed by atoms with Crippen LogP contribution in [0.5, 0.6) is 11.6 Å². The van der Waals surface area contributed by atoms with E-state index in [1.165, 1.54) is 0 Å². The molecule has 3 N–H and O–H groups in total. The van der Waals surface area contributed by atoms with Gasteiger partial charge in [0.05, 0.1) is 5.75 Å². The minimum atomic E-state index is -3.56. The van der Waals surface area contributed by atoms with Crippen molar-refractivity contribution in [3.63, 3.8) is 0 Å². The van der Waals surface area contributed by atoms with Gasteiger partial charge in [0.25, 0.3) is 0 Å². The van der Waals surface area contributed by atoms with Crippen molar-refractivity contribution in [3.8, 4) is 11.6 Å². The molecule has 0 aliphatic carbocycles. The first kappa shape index (κ1) is 18.7. The fourth-order valence-electron chi connectivity index (χ4n) is 2.29. The molecule has 140 valence electrons. The predicted octanol–water partition coefficient (Wildman–Crippen LogP) is 2.37. The highest BCUT2D eigenvalue weighted by atomic mass is 32.2. The smallest absolute Gasteiger partial charge is 0.222 e. The molecule has 0 atom stereocenters. The Balaban J connectivity index is 1.62. The molecule has 2 aromatic heterocycles. The topological polar surface area (TPSA) is 120 Å². The van der Waals surface area contributed by atoms with E-state index in [-0.39, 0.29) is 5.75 Å². The molecule has 0 spiro atoms. The third-order valence-electron chi connectivity index (χ3n) is 3.54. The molecular weight excluding hydrogens is 366 g/mol. The lowest BCUT2D eigenvalue weighted by Crippen LogP contribution is -2.14. The fraction of sp³-hybridized carbons (Fsp3) is 0.167. The number of benzene rings is 1. The second-order valence-electron chi connectivity index (χ2n) is 5.99. The summed E-state index contributed by atoms with van der Waals surface area (Å²) in [5.74, 6) is 1.31. The van der Waals surface area contributed by atoms with E-state index in [4.69, 9.17) is 9.88 Å².